The molecule has 0 aliphatic carbocycles. The van der Waals surface area contributed by atoms with Crippen LogP contribution in [0.2, 0.25) is 0 Å². The van der Waals surface area contributed by atoms with Crippen molar-refractivity contribution in [1.82, 2.24) is 9.97 Å². The van der Waals surface area contributed by atoms with E-state index in [0.717, 1.165) is 0 Å². The molecule has 104 valence electrons. The lowest BCUT2D eigenvalue weighted by molar-refractivity contribution is 0.0692. The van der Waals surface area contributed by atoms with Crippen LogP contribution in [0, 0.1) is 0 Å². The summed E-state index contributed by atoms with van der Waals surface area (Å²) in [7, 11) is 0. The van der Waals surface area contributed by atoms with Gasteiger partial charge in [-0.25, -0.2) is 9.78 Å². The van der Waals surface area contributed by atoms with E-state index in [1.54, 1.807) is 48.7 Å². The third kappa shape index (κ3) is 2.34. The predicted octanol–water partition coefficient (Wildman–Crippen LogP) is 2.51. The number of H-pyrrole nitrogens is 1. The number of nitrogens with zero attached hydrogens (tertiary/aromatic N) is 1. The molecule has 1 aromatic carbocycles. The molecular formula is C15H11N3O3. The van der Waals surface area contributed by atoms with Crippen molar-refractivity contribution >= 4 is 28.6 Å². The van der Waals surface area contributed by atoms with Gasteiger partial charge in [0.1, 0.15) is 5.65 Å². The molecule has 1 amide bonds. The minimum Gasteiger partial charge on any atom is -0.477 e. The van der Waals surface area contributed by atoms with E-state index in [1.165, 1.54) is 0 Å². The second-order valence-corrected chi connectivity index (χ2v) is 4.40. The summed E-state index contributed by atoms with van der Waals surface area (Å²) in [5.41, 5.74) is 0.998. The lowest BCUT2D eigenvalue weighted by Crippen LogP contribution is -2.14. The molecule has 0 fully saturated rings. The fourth-order valence-corrected chi connectivity index (χ4v) is 2.09. The van der Waals surface area contributed by atoms with Crippen LogP contribution >= 0.6 is 0 Å². The first-order chi connectivity index (χ1) is 10.2. The van der Waals surface area contributed by atoms with Gasteiger partial charge in [0.25, 0.3) is 5.91 Å². The number of nitrogens with one attached hydrogen (secondary N) is 2. The van der Waals surface area contributed by atoms with Gasteiger partial charge in [0, 0.05) is 17.1 Å². The van der Waals surface area contributed by atoms with E-state index in [4.69, 9.17) is 0 Å². The zero-order chi connectivity index (χ0) is 14.8. The molecule has 2 aromatic heterocycles. The number of aromatic nitrogens is 2. The number of pyridine rings is 1. The topological polar surface area (TPSA) is 95.1 Å². The minimum atomic E-state index is -1.16. The Labute approximate surface area is 119 Å². The maximum absolute atomic E-state index is 12.2. The van der Waals surface area contributed by atoms with Crippen LogP contribution in [0.3, 0.4) is 0 Å². The number of benzene rings is 1. The highest BCUT2D eigenvalue weighted by Gasteiger charge is 2.19. The van der Waals surface area contributed by atoms with Crippen molar-refractivity contribution in [3.63, 3.8) is 0 Å². The van der Waals surface area contributed by atoms with Crippen molar-refractivity contribution in [2.24, 2.45) is 0 Å². The first-order valence-corrected chi connectivity index (χ1v) is 6.23. The highest BCUT2D eigenvalue weighted by molar-refractivity contribution is 6.13. The van der Waals surface area contributed by atoms with Gasteiger partial charge < -0.3 is 15.4 Å². The fraction of sp³-hybridized carbons (Fsp3) is 0. The Kier molecular flexibility index (Phi) is 3.12. The second kappa shape index (κ2) is 5.09. The summed E-state index contributed by atoms with van der Waals surface area (Å²) in [5.74, 6) is -1.53. The smallest absolute Gasteiger partial charge is 0.354 e. The molecular weight excluding hydrogens is 270 g/mol. The number of hydrogen-bond donors (Lipinski definition) is 3. The molecule has 0 unspecified atom stereocenters. The van der Waals surface area contributed by atoms with Gasteiger partial charge in [0.15, 0.2) is 5.69 Å². The zero-order valence-electron chi connectivity index (χ0n) is 10.8. The maximum Gasteiger partial charge on any atom is 0.354 e. The summed E-state index contributed by atoms with van der Waals surface area (Å²) in [6.45, 7) is 0. The van der Waals surface area contributed by atoms with E-state index in [1.807, 2.05) is 0 Å². The molecule has 0 bridgehead atoms. The van der Waals surface area contributed by atoms with Crippen molar-refractivity contribution in [2.45, 2.75) is 0 Å². The fourth-order valence-electron chi connectivity index (χ4n) is 2.09. The lowest BCUT2D eigenvalue weighted by Gasteiger charge is -2.05. The number of fused-ring (bicyclic) bond motifs is 1. The third-order valence-corrected chi connectivity index (χ3v) is 3.06. The monoisotopic (exact) mass is 281 g/mol. The molecule has 3 aromatic rings. The number of hydrogen-bond acceptors (Lipinski definition) is 3. The summed E-state index contributed by atoms with van der Waals surface area (Å²) in [5, 5.41) is 12.4. The van der Waals surface area contributed by atoms with Gasteiger partial charge in [-0.2, -0.15) is 0 Å². The van der Waals surface area contributed by atoms with Crippen LogP contribution in [-0.2, 0) is 0 Å². The van der Waals surface area contributed by atoms with E-state index < -0.39 is 5.97 Å². The molecule has 0 saturated carbocycles. The Morgan fingerprint density at radius 2 is 1.86 bits per heavy atom. The van der Waals surface area contributed by atoms with Crippen LogP contribution in [0.1, 0.15) is 20.8 Å². The van der Waals surface area contributed by atoms with E-state index >= 15 is 0 Å². The van der Waals surface area contributed by atoms with Gasteiger partial charge in [-0.15, -0.1) is 0 Å². The summed E-state index contributed by atoms with van der Waals surface area (Å²) < 4.78 is 0. The first kappa shape index (κ1) is 12.9. The largest absolute Gasteiger partial charge is 0.477 e. The number of carbonyl (C=O) groups excluding carboxylic acids is 1. The van der Waals surface area contributed by atoms with Gasteiger partial charge in [-0.05, 0) is 24.3 Å². The van der Waals surface area contributed by atoms with Gasteiger partial charge in [-0.3, -0.25) is 4.79 Å². The average molecular weight is 281 g/mol. The van der Waals surface area contributed by atoms with Crippen molar-refractivity contribution in [3.8, 4) is 0 Å². The number of carboxylic acid groups (broad SMARTS) is 1. The number of anilines is 1. The Morgan fingerprint density at radius 1 is 1.10 bits per heavy atom. The van der Waals surface area contributed by atoms with Crippen LogP contribution < -0.4 is 5.32 Å². The number of aromatic carboxylic acids is 1. The Hall–Kier alpha value is -3.15. The summed E-state index contributed by atoms with van der Waals surface area (Å²) in [6.07, 6.45) is 1.55. The molecule has 3 rings (SSSR count). The summed E-state index contributed by atoms with van der Waals surface area (Å²) >= 11 is 0. The molecule has 6 heteroatoms. The standard InChI is InChI=1S/C15H11N3O3/c19-14(9-5-2-1-3-6-9)18-11-10-7-4-8-16-13(10)17-12(11)15(20)21/h1-8H,(H,16,17)(H,18,19)(H,20,21). The number of carboxylic acids is 1. The SMILES string of the molecule is O=C(Nc1c(C(=O)O)[nH]c2ncccc12)c1ccccc1. The molecule has 0 atom stereocenters. The number of carbonyl (C=O) groups is 2. The van der Waals surface area contributed by atoms with Gasteiger partial charge in [-0.1, -0.05) is 18.2 Å². The summed E-state index contributed by atoms with van der Waals surface area (Å²) in [6, 6.07) is 12.0. The van der Waals surface area contributed by atoms with Crippen molar-refractivity contribution in [2.75, 3.05) is 5.32 Å². The molecule has 0 radical (unpaired) electrons. The van der Waals surface area contributed by atoms with E-state index in [9.17, 15) is 14.7 Å². The number of rotatable bonds is 3. The molecule has 0 aliphatic heterocycles. The van der Waals surface area contributed by atoms with Crippen molar-refractivity contribution < 1.29 is 14.7 Å². The Balaban J connectivity index is 2.05. The molecule has 0 saturated heterocycles. The molecule has 0 aliphatic rings. The molecule has 6 nitrogen and oxygen atoms in total. The van der Waals surface area contributed by atoms with Gasteiger partial charge in [0.2, 0.25) is 0 Å². The Bertz CT molecular complexity index is 825. The average Bonchev–Trinajstić information content (AvgIpc) is 2.87. The second-order valence-electron chi connectivity index (χ2n) is 4.40. The van der Waals surface area contributed by atoms with Gasteiger partial charge >= 0.3 is 5.97 Å². The Morgan fingerprint density at radius 3 is 2.57 bits per heavy atom. The molecule has 21 heavy (non-hydrogen) atoms. The molecule has 0 spiro atoms. The lowest BCUT2D eigenvalue weighted by atomic mass is 10.2. The number of aromatic amines is 1. The molecule has 2 heterocycles. The highest BCUT2D eigenvalue weighted by atomic mass is 16.4. The van der Waals surface area contributed by atoms with Crippen LogP contribution in [0.4, 0.5) is 5.69 Å². The highest BCUT2D eigenvalue weighted by Crippen LogP contribution is 2.26. The maximum atomic E-state index is 12.2. The van der Waals surface area contributed by atoms with Gasteiger partial charge in [0.05, 0.1) is 5.69 Å². The van der Waals surface area contributed by atoms with Crippen LogP contribution in [-0.4, -0.2) is 27.0 Å². The van der Waals surface area contributed by atoms with Crippen LogP contribution in [0.25, 0.3) is 11.0 Å². The van der Waals surface area contributed by atoms with E-state index in [0.29, 0.717) is 16.6 Å². The van der Waals surface area contributed by atoms with Crippen molar-refractivity contribution in [1.29, 1.82) is 0 Å². The van der Waals surface area contributed by atoms with Crippen molar-refractivity contribution in [3.05, 3.63) is 59.9 Å². The first-order valence-electron chi connectivity index (χ1n) is 6.23. The van der Waals surface area contributed by atoms with Crippen LogP contribution in [0.15, 0.2) is 48.7 Å². The van der Waals surface area contributed by atoms with E-state index in [-0.39, 0.29) is 17.3 Å². The van der Waals surface area contributed by atoms with Crippen LogP contribution in [0.5, 0.6) is 0 Å². The molecule has 3 N–H and O–H groups in total. The quantitative estimate of drug-likeness (QED) is 0.687. The minimum absolute atomic E-state index is 0.0898. The van der Waals surface area contributed by atoms with E-state index in [2.05, 4.69) is 15.3 Å². The zero-order valence-corrected chi connectivity index (χ0v) is 10.8. The third-order valence-electron chi connectivity index (χ3n) is 3.06. The number of amides is 1. The normalized spacial score (nSPS) is 10.5. The predicted molar refractivity (Wildman–Crippen MR) is 77.4 cm³/mol. The summed E-state index contributed by atoms with van der Waals surface area (Å²) in [4.78, 5) is 30.2.